The van der Waals surface area contributed by atoms with Gasteiger partial charge in [0.2, 0.25) is 0 Å². The van der Waals surface area contributed by atoms with Crippen LogP contribution in [0.4, 0.5) is 5.82 Å². The summed E-state index contributed by atoms with van der Waals surface area (Å²) in [5, 5.41) is 3.32. The van der Waals surface area contributed by atoms with E-state index in [0.29, 0.717) is 5.82 Å². The SMILES string of the molecule is CNC(CSc1ccccc1Br)c1cc(C)cnc1N. The number of halogens is 1. The third kappa shape index (κ3) is 3.75. The van der Waals surface area contributed by atoms with Gasteiger partial charge in [-0.2, -0.15) is 0 Å². The Hall–Kier alpha value is -1.04. The zero-order valence-corrected chi connectivity index (χ0v) is 14.0. The van der Waals surface area contributed by atoms with E-state index in [0.717, 1.165) is 21.4 Å². The molecule has 1 aromatic carbocycles. The van der Waals surface area contributed by atoms with Crippen LogP contribution in [0.1, 0.15) is 17.2 Å². The van der Waals surface area contributed by atoms with E-state index in [2.05, 4.69) is 44.4 Å². The number of aryl methyl sites for hydroxylation is 1. The van der Waals surface area contributed by atoms with Gasteiger partial charge in [-0.15, -0.1) is 11.8 Å². The number of anilines is 1. The largest absolute Gasteiger partial charge is 0.383 e. The lowest BCUT2D eigenvalue weighted by Crippen LogP contribution is -2.20. The van der Waals surface area contributed by atoms with Gasteiger partial charge in [0.15, 0.2) is 0 Å². The minimum atomic E-state index is 0.180. The first-order valence-electron chi connectivity index (χ1n) is 6.38. The lowest BCUT2D eigenvalue weighted by Gasteiger charge is -2.18. The quantitative estimate of drug-likeness (QED) is 0.804. The van der Waals surface area contributed by atoms with Crippen LogP contribution in [0.25, 0.3) is 0 Å². The molecular formula is C15H18BrN3S. The maximum absolute atomic E-state index is 6.00. The van der Waals surface area contributed by atoms with Crippen molar-refractivity contribution in [3.05, 3.63) is 52.1 Å². The van der Waals surface area contributed by atoms with Crippen LogP contribution in [0, 0.1) is 6.92 Å². The second-order valence-corrected chi connectivity index (χ2v) is 6.49. The van der Waals surface area contributed by atoms with Crippen molar-refractivity contribution in [1.29, 1.82) is 0 Å². The van der Waals surface area contributed by atoms with E-state index < -0.39 is 0 Å². The molecule has 5 heteroatoms. The fourth-order valence-corrected chi connectivity index (χ4v) is 3.65. The van der Waals surface area contributed by atoms with Crippen molar-refractivity contribution in [1.82, 2.24) is 10.3 Å². The van der Waals surface area contributed by atoms with Gasteiger partial charge < -0.3 is 11.1 Å². The molecule has 2 rings (SSSR count). The van der Waals surface area contributed by atoms with Crippen LogP contribution < -0.4 is 11.1 Å². The van der Waals surface area contributed by atoms with Gasteiger partial charge in [0.05, 0.1) is 0 Å². The molecule has 3 nitrogen and oxygen atoms in total. The Morgan fingerprint density at radius 1 is 1.40 bits per heavy atom. The first-order valence-corrected chi connectivity index (χ1v) is 8.16. The van der Waals surface area contributed by atoms with Gasteiger partial charge in [0.25, 0.3) is 0 Å². The first kappa shape index (κ1) is 15.4. The summed E-state index contributed by atoms with van der Waals surface area (Å²) in [5.41, 5.74) is 8.18. The van der Waals surface area contributed by atoms with Gasteiger partial charge in [0, 0.05) is 32.9 Å². The van der Waals surface area contributed by atoms with E-state index in [9.17, 15) is 0 Å². The highest BCUT2D eigenvalue weighted by molar-refractivity contribution is 9.10. The molecule has 1 unspecified atom stereocenters. The summed E-state index contributed by atoms with van der Waals surface area (Å²) < 4.78 is 1.12. The second kappa shape index (κ2) is 7.11. The molecule has 0 aliphatic rings. The molecular weight excluding hydrogens is 334 g/mol. The smallest absolute Gasteiger partial charge is 0.128 e. The minimum absolute atomic E-state index is 0.180. The highest BCUT2D eigenvalue weighted by Gasteiger charge is 2.14. The van der Waals surface area contributed by atoms with Crippen molar-refractivity contribution < 1.29 is 0 Å². The standard InChI is InChI=1S/C15H18BrN3S/c1-10-7-11(15(17)19-8-10)13(18-2)9-20-14-6-4-3-5-12(14)16/h3-8,13,18H,9H2,1-2H3,(H2,17,19). The molecule has 0 radical (unpaired) electrons. The van der Waals surface area contributed by atoms with Crippen molar-refractivity contribution in [2.45, 2.75) is 17.9 Å². The van der Waals surface area contributed by atoms with Crippen LogP contribution in [0.3, 0.4) is 0 Å². The number of nitrogens with one attached hydrogen (secondary N) is 1. The summed E-state index contributed by atoms with van der Waals surface area (Å²) in [4.78, 5) is 5.47. The van der Waals surface area contributed by atoms with Crippen molar-refractivity contribution in [3.63, 3.8) is 0 Å². The predicted octanol–water partition coefficient (Wildman–Crippen LogP) is 3.79. The third-order valence-electron chi connectivity index (χ3n) is 3.05. The van der Waals surface area contributed by atoms with Crippen LogP contribution in [0.15, 0.2) is 45.9 Å². The Morgan fingerprint density at radius 3 is 2.85 bits per heavy atom. The molecule has 0 aliphatic heterocycles. The second-order valence-electron chi connectivity index (χ2n) is 4.57. The van der Waals surface area contributed by atoms with E-state index in [1.165, 1.54) is 4.90 Å². The molecule has 106 valence electrons. The van der Waals surface area contributed by atoms with E-state index in [4.69, 9.17) is 5.73 Å². The van der Waals surface area contributed by atoms with Crippen LogP contribution in [-0.4, -0.2) is 17.8 Å². The van der Waals surface area contributed by atoms with E-state index in [1.54, 1.807) is 18.0 Å². The molecule has 0 saturated carbocycles. The highest BCUT2D eigenvalue weighted by Crippen LogP contribution is 2.31. The Balaban J connectivity index is 2.13. The summed E-state index contributed by atoms with van der Waals surface area (Å²) in [6.45, 7) is 2.03. The van der Waals surface area contributed by atoms with E-state index in [1.807, 2.05) is 26.1 Å². The van der Waals surface area contributed by atoms with Gasteiger partial charge in [0.1, 0.15) is 5.82 Å². The lowest BCUT2D eigenvalue weighted by molar-refractivity contribution is 0.661. The zero-order chi connectivity index (χ0) is 14.5. The molecule has 3 N–H and O–H groups in total. The summed E-state index contributed by atoms with van der Waals surface area (Å²) in [6.07, 6.45) is 1.80. The van der Waals surface area contributed by atoms with Crippen molar-refractivity contribution in [2.24, 2.45) is 0 Å². The zero-order valence-electron chi connectivity index (χ0n) is 11.6. The van der Waals surface area contributed by atoms with Crippen LogP contribution >= 0.6 is 27.7 Å². The molecule has 0 amide bonds. The number of pyridine rings is 1. The fourth-order valence-electron chi connectivity index (χ4n) is 1.95. The van der Waals surface area contributed by atoms with Gasteiger partial charge in [-0.25, -0.2) is 4.98 Å². The molecule has 1 aromatic heterocycles. The number of hydrogen-bond acceptors (Lipinski definition) is 4. The average Bonchev–Trinajstić information content (AvgIpc) is 2.45. The summed E-state index contributed by atoms with van der Waals surface area (Å²) >= 11 is 5.37. The number of rotatable bonds is 5. The van der Waals surface area contributed by atoms with Gasteiger partial charge in [-0.3, -0.25) is 0 Å². The first-order chi connectivity index (χ1) is 9.61. The fraction of sp³-hybridized carbons (Fsp3) is 0.267. The normalized spacial score (nSPS) is 12.3. The Labute approximate surface area is 132 Å². The van der Waals surface area contributed by atoms with Crippen molar-refractivity contribution in [3.8, 4) is 0 Å². The number of aromatic nitrogens is 1. The molecule has 0 bridgehead atoms. The predicted molar refractivity (Wildman–Crippen MR) is 90.1 cm³/mol. The van der Waals surface area contributed by atoms with Gasteiger partial charge >= 0.3 is 0 Å². The van der Waals surface area contributed by atoms with Gasteiger partial charge in [-0.05, 0) is 53.7 Å². The van der Waals surface area contributed by atoms with E-state index >= 15 is 0 Å². The van der Waals surface area contributed by atoms with Crippen LogP contribution in [-0.2, 0) is 0 Å². The molecule has 0 fully saturated rings. The molecule has 0 aliphatic carbocycles. The van der Waals surface area contributed by atoms with E-state index in [-0.39, 0.29) is 6.04 Å². The topological polar surface area (TPSA) is 50.9 Å². The molecule has 2 aromatic rings. The number of hydrogen-bond donors (Lipinski definition) is 2. The van der Waals surface area contributed by atoms with Crippen LogP contribution in [0.2, 0.25) is 0 Å². The van der Waals surface area contributed by atoms with Crippen molar-refractivity contribution in [2.75, 3.05) is 18.5 Å². The molecule has 1 heterocycles. The number of nitrogen functional groups attached to an aromatic ring is 1. The molecule has 20 heavy (non-hydrogen) atoms. The summed E-state index contributed by atoms with van der Waals surface area (Å²) in [5.74, 6) is 1.50. The molecule has 0 saturated heterocycles. The Morgan fingerprint density at radius 2 is 2.15 bits per heavy atom. The number of benzene rings is 1. The Kier molecular flexibility index (Phi) is 5.46. The van der Waals surface area contributed by atoms with Crippen LogP contribution in [0.5, 0.6) is 0 Å². The van der Waals surface area contributed by atoms with Crippen molar-refractivity contribution >= 4 is 33.5 Å². The number of nitrogens with zero attached hydrogens (tertiary/aromatic N) is 1. The minimum Gasteiger partial charge on any atom is -0.383 e. The van der Waals surface area contributed by atoms with Gasteiger partial charge in [-0.1, -0.05) is 12.1 Å². The monoisotopic (exact) mass is 351 g/mol. The third-order valence-corrected chi connectivity index (χ3v) is 5.17. The maximum Gasteiger partial charge on any atom is 0.128 e. The number of thioether (sulfide) groups is 1. The highest BCUT2D eigenvalue weighted by atomic mass is 79.9. The lowest BCUT2D eigenvalue weighted by atomic mass is 10.1. The molecule has 0 spiro atoms. The average molecular weight is 352 g/mol. The Bertz CT molecular complexity index is 589. The molecule has 1 atom stereocenters. The summed E-state index contributed by atoms with van der Waals surface area (Å²) in [7, 11) is 1.95. The summed E-state index contributed by atoms with van der Waals surface area (Å²) in [6, 6.07) is 10.5. The number of nitrogens with two attached hydrogens (primary N) is 1. The maximum atomic E-state index is 6.00.